The Morgan fingerprint density at radius 1 is 1.48 bits per heavy atom. The van der Waals surface area contributed by atoms with Gasteiger partial charge in [0.2, 0.25) is 0 Å². The lowest BCUT2D eigenvalue weighted by Gasteiger charge is -2.11. The maximum Gasteiger partial charge on any atom is 0.277 e. The van der Waals surface area contributed by atoms with Crippen molar-refractivity contribution in [2.75, 3.05) is 7.11 Å². The van der Waals surface area contributed by atoms with E-state index in [-0.39, 0.29) is 11.4 Å². The highest BCUT2D eigenvalue weighted by molar-refractivity contribution is 6.31. The largest absolute Gasteiger partial charge is 0.496 e. The number of hydrogen-bond donors (Lipinski definition) is 2. The number of nitrogen functional groups attached to an aromatic ring is 1. The molecule has 0 aliphatic heterocycles. The Morgan fingerprint density at radius 3 is 2.76 bits per heavy atom. The predicted molar refractivity (Wildman–Crippen MR) is 82.2 cm³/mol. The number of ether oxygens (including phenoxy) is 1. The maximum absolute atomic E-state index is 12.1. The average Bonchev–Trinajstić information content (AvgIpc) is 2.47. The number of rotatable bonds is 4. The molecule has 0 aliphatic rings. The molecule has 21 heavy (non-hydrogen) atoms. The van der Waals surface area contributed by atoms with Crippen LogP contribution in [-0.2, 0) is 6.54 Å². The molecular weight excluding hydrogens is 292 g/mol. The first-order valence-corrected chi connectivity index (χ1v) is 6.66. The first-order chi connectivity index (χ1) is 9.97. The summed E-state index contributed by atoms with van der Waals surface area (Å²) in [5.74, 6) is 0.273. The molecule has 7 heteroatoms. The predicted octanol–water partition coefficient (Wildman–Crippen LogP) is 1.88. The lowest BCUT2D eigenvalue weighted by Crippen LogP contribution is -2.31. The third-order valence-electron chi connectivity index (χ3n) is 3.00. The quantitative estimate of drug-likeness (QED) is 0.666. The van der Waals surface area contributed by atoms with Gasteiger partial charge in [-0.1, -0.05) is 11.6 Å². The van der Waals surface area contributed by atoms with Gasteiger partial charge in [0.15, 0.2) is 0 Å². The third-order valence-corrected chi connectivity index (χ3v) is 3.24. The smallest absolute Gasteiger partial charge is 0.277 e. The van der Waals surface area contributed by atoms with E-state index in [0.29, 0.717) is 28.6 Å². The van der Waals surface area contributed by atoms with E-state index in [1.807, 2.05) is 0 Å². The van der Waals surface area contributed by atoms with Gasteiger partial charge in [0.1, 0.15) is 11.6 Å². The molecule has 0 bridgehead atoms. The average molecular weight is 307 g/mol. The molecule has 0 spiro atoms. The summed E-state index contributed by atoms with van der Waals surface area (Å²) in [6.45, 7) is 2.16. The summed E-state index contributed by atoms with van der Waals surface area (Å²) in [5.41, 5.74) is 6.28. The number of benzene rings is 1. The van der Waals surface area contributed by atoms with Gasteiger partial charge in [0.25, 0.3) is 5.56 Å². The van der Waals surface area contributed by atoms with Crippen molar-refractivity contribution < 1.29 is 4.74 Å². The van der Waals surface area contributed by atoms with E-state index in [1.54, 1.807) is 25.1 Å². The van der Waals surface area contributed by atoms with Crippen molar-refractivity contribution in [1.82, 2.24) is 9.78 Å². The highest BCUT2D eigenvalue weighted by atomic mass is 35.5. The minimum Gasteiger partial charge on any atom is -0.496 e. The Kier molecular flexibility index (Phi) is 4.28. The molecule has 110 valence electrons. The number of aryl methyl sites for hydroxylation is 1. The lowest BCUT2D eigenvalue weighted by atomic mass is 10.1. The minimum absolute atomic E-state index is 0.101. The molecule has 1 heterocycles. The van der Waals surface area contributed by atoms with E-state index < -0.39 is 5.56 Å². The summed E-state index contributed by atoms with van der Waals surface area (Å²) in [4.78, 5) is 12.1. The second kappa shape index (κ2) is 5.97. The second-order valence-corrected chi connectivity index (χ2v) is 4.76. The number of amidine groups is 1. The van der Waals surface area contributed by atoms with Gasteiger partial charge in [0, 0.05) is 17.1 Å². The number of nitrogens with two attached hydrogens (primary N) is 1. The zero-order valence-electron chi connectivity index (χ0n) is 11.7. The summed E-state index contributed by atoms with van der Waals surface area (Å²) >= 11 is 6.01. The summed E-state index contributed by atoms with van der Waals surface area (Å²) in [7, 11) is 1.54. The van der Waals surface area contributed by atoms with Crippen molar-refractivity contribution in [3.63, 3.8) is 0 Å². The SMILES string of the molecule is CCn1nc(-c2cc(Cl)ccc2OC)cc(C(=N)N)c1=O. The van der Waals surface area contributed by atoms with Crippen LogP contribution in [0.15, 0.2) is 29.1 Å². The molecule has 0 saturated heterocycles. The Morgan fingerprint density at radius 2 is 2.19 bits per heavy atom. The molecule has 0 amide bonds. The van der Waals surface area contributed by atoms with Gasteiger partial charge in [-0.05, 0) is 31.2 Å². The van der Waals surface area contributed by atoms with Crippen molar-refractivity contribution in [2.24, 2.45) is 5.73 Å². The molecule has 0 aliphatic carbocycles. The van der Waals surface area contributed by atoms with Crippen LogP contribution in [0.2, 0.25) is 5.02 Å². The fraction of sp³-hybridized carbons (Fsp3) is 0.214. The molecule has 2 aromatic rings. The molecular formula is C14H15ClN4O2. The molecule has 3 N–H and O–H groups in total. The fourth-order valence-corrected chi connectivity index (χ4v) is 2.13. The van der Waals surface area contributed by atoms with Crippen LogP contribution in [0.5, 0.6) is 5.75 Å². The normalized spacial score (nSPS) is 10.4. The van der Waals surface area contributed by atoms with Gasteiger partial charge in [-0.3, -0.25) is 10.2 Å². The Bertz CT molecular complexity index is 755. The van der Waals surface area contributed by atoms with Crippen molar-refractivity contribution in [2.45, 2.75) is 13.5 Å². The topological polar surface area (TPSA) is 94.0 Å². The summed E-state index contributed by atoms with van der Waals surface area (Å²) < 4.78 is 6.54. The molecule has 0 fully saturated rings. The highest BCUT2D eigenvalue weighted by Crippen LogP contribution is 2.31. The molecule has 1 aromatic heterocycles. The molecule has 0 radical (unpaired) electrons. The van der Waals surface area contributed by atoms with E-state index in [9.17, 15) is 4.79 Å². The molecule has 2 rings (SSSR count). The van der Waals surface area contributed by atoms with Crippen LogP contribution in [0.1, 0.15) is 12.5 Å². The maximum atomic E-state index is 12.1. The Balaban J connectivity index is 2.75. The number of nitrogens with zero attached hydrogens (tertiary/aromatic N) is 2. The first kappa shape index (κ1) is 15.1. The van der Waals surface area contributed by atoms with Crippen LogP contribution in [0.25, 0.3) is 11.3 Å². The molecule has 1 aromatic carbocycles. The van der Waals surface area contributed by atoms with E-state index in [2.05, 4.69) is 5.10 Å². The second-order valence-electron chi connectivity index (χ2n) is 4.32. The van der Waals surface area contributed by atoms with E-state index in [1.165, 1.54) is 17.9 Å². The number of aromatic nitrogens is 2. The minimum atomic E-state index is -0.394. The standard InChI is InChI=1S/C14H15ClN4O2/c1-3-19-14(20)10(13(16)17)7-11(18-19)9-6-8(15)4-5-12(9)21-2/h4-7H,3H2,1-2H3,(H3,16,17). The van der Waals surface area contributed by atoms with Gasteiger partial charge in [-0.15, -0.1) is 0 Å². The van der Waals surface area contributed by atoms with Crippen molar-refractivity contribution in [3.8, 4) is 17.0 Å². The van der Waals surface area contributed by atoms with E-state index in [4.69, 9.17) is 27.5 Å². The van der Waals surface area contributed by atoms with Crippen LogP contribution in [0.3, 0.4) is 0 Å². The van der Waals surface area contributed by atoms with Gasteiger partial charge < -0.3 is 10.5 Å². The highest BCUT2D eigenvalue weighted by Gasteiger charge is 2.14. The van der Waals surface area contributed by atoms with Gasteiger partial charge >= 0.3 is 0 Å². The molecule has 6 nitrogen and oxygen atoms in total. The monoisotopic (exact) mass is 306 g/mol. The third kappa shape index (κ3) is 2.90. The van der Waals surface area contributed by atoms with Gasteiger partial charge in [-0.2, -0.15) is 5.10 Å². The Labute approximate surface area is 126 Å². The van der Waals surface area contributed by atoms with Crippen LogP contribution < -0.4 is 16.0 Å². The molecule has 0 unspecified atom stereocenters. The van der Waals surface area contributed by atoms with Crippen molar-refractivity contribution >= 4 is 17.4 Å². The van der Waals surface area contributed by atoms with Crippen LogP contribution in [-0.4, -0.2) is 22.7 Å². The number of hydrogen-bond acceptors (Lipinski definition) is 4. The van der Waals surface area contributed by atoms with Gasteiger partial charge in [0.05, 0.1) is 18.4 Å². The molecule has 0 atom stereocenters. The summed E-state index contributed by atoms with van der Waals surface area (Å²) in [6.07, 6.45) is 0. The zero-order valence-corrected chi connectivity index (χ0v) is 12.4. The van der Waals surface area contributed by atoms with Crippen molar-refractivity contribution in [3.05, 3.63) is 45.2 Å². The lowest BCUT2D eigenvalue weighted by molar-refractivity contribution is 0.416. The summed E-state index contributed by atoms with van der Waals surface area (Å²) in [6, 6.07) is 6.59. The molecule has 0 saturated carbocycles. The number of halogens is 1. The van der Waals surface area contributed by atoms with Gasteiger partial charge in [-0.25, -0.2) is 4.68 Å². The Hall–Kier alpha value is -2.34. The number of nitrogens with one attached hydrogen (secondary N) is 1. The first-order valence-electron chi connectivity index (χ1n) is 6.28. The van der Waals surface area contributed by atoms with E-state index in [0.717, 1.165) is 0 Å². The number of methoxy groups -OCH3 is 1. The van der Waals surface area contributed by atoms with Crippen molar-refractivity contribution in [1.29, 1.82) is 5.41 Å². The fourth-order valence-electron chi connectivity index (χ4n) is 1.96. The zero-order chi connectivity index (χ0) is 15.6. The van der Waals surface area contributed by atoms with E-state index >= 15 is 0 Å². The van der Waals surface area contributed by atoms with Crippen LogP contribution in [0.4, 0.5) is 0 Å². The summed E-state index contributed by atoms with van der Waals surface area (Å²) in [5, 5.41) is 12.3. The van der Waals surface area contributed by atoms with Crippen LogP contribution >= 0.6 is 11.6 Å². The van der Waals surface area contributed by atoms with Crippen LogP contribution in [0, 0.1) is 5.41 Å².